The van der Waals surface area contributed by atoms with Crippen molar-refractivity contribution in [3.8, 4) is 0 Å². The molecule has 0 aliphatic heterocycles. The molecule has 0 N–H and O–H groups in total. The average Bonchev–Trinajstić information content (AvgIpc) is 2.76. The summed E-state index contributed by atoms with van der Waals surface area (Å²) < 4.78 is 0. The standard InChI is InChI=1S/C24H23NO4S/c1-3-30-23-21(22(27)18-12-8-5-9-13-18)20(26)16-19(24(23,2)25(28)29)15-14-17-10-6-4-7-11-17/h4-15,19H,3,16H2,1-2H3/b15-14+. The minimum absolute atomic E-state index is 0.0448. The quantitative estimate of drug-likeness (QED) is 0.265. The van der Waals surface area contributed by atoms with Crippen LogP contribution >= 0.6 is 11.8 Å². The summed E-state index contributed by atoms with van der Waals surface area (Å²) in [4.78, 5) is 38.4. The van der Waals surface area contributed by atoms with E-state index in [0.717, 1.165) is 5.56 Å². The highest BCUT2D eigenvalue weighted by Gasteiger charge is 2.55. The fourth-order valence-electron chi connectivity index (χ4n) is 3.64. The van der Waals surface area contributed by atoms with E-state index >= 15 is 0 Å². The Hall–Kier alpha value is -2.99. The molecular formula is C24H23NO4S. The van der Waals surface area contributed by atoms with Crippen molar-refractivity contribution in [1.29, 1.82) is 0 Å². The molecule has 2 aromatic carbocycles. The SMILES string of the molecule is CCSC1=C(C(=O)c2ccccc2)C(=O)CC(/C=C/c2ccccc2)C1(C)[N+](=O)[O-]. The van der Waals surface area contributed by atoms with Crippen molar-refractivity contribution in [3.05, 3.63) is 98.5 Å². The lowest BCUT2D eigenvalue weighted by Gasteiger charge is -2.34. The van der Waals surface area contributed by atoms with Gasteiger partial charge in [0, 0.05) is 23.8 Å². The van der Waals surface area contributed by atoms with Crippen molar-refractivity contribution in [3.63, 3.8) is 0 Å². The average molecular weight is 422 g/mol. The maximum atomic E-state index is 13.2. The number of nitrogens with zero attached hydrogens (tertiary/aromatic N) is 1. The van der Waals surface area contributed by atoms with Gasteiger partial charge in [-0.3, -0.25) is 19.7 Å². The van der Waals surface area contributed by atoms with Crippen LogP contribution in [0.2, 0.25) is 0 Å². The summed E-state index contributed by atoms with van der Waals surface area (Å²) in [6.45, 7) is 3.38. The van der Waals surface area contributed by atoms with E-state index in [2.05, 4.69) is 0 Å². The topological polar surface area (TPSA) is 77.3 Å². The van der Waals surface area contributed by atoms with Crippen molar-refractivity contribution in [2.45, 2.75) is 25.8 Å². The first kappa shape index (κ1) is 21.7. The zero-order chi connectivity index (χ0) is 21.7. The van der Waals surface area contributed by atoms with Crippen LogP contribution in [0.15, 0.2) is 77.2 Å². The summed E-state index contributed by atoms with van der Waals surface area (Å²) in [5.74, 6) is -0.925. The molecule has 3 rings (SSSR count). The normalized spacial score (nSPS) is 21.8. The molecular weight excluding hydrogens is 398 g/mol. The van der Waals surface area contributed by atoms with E-state index in [1.807, 2.05) is 37.3 Å². The number of hydrogen-bond donors (Lipinski definition) is 0. The second-order valence-electron chi connectivity index (χ2n) is 7.24. The molecule has 0 radical (unpaired) electrons. The molecule has 1 aliphatic carbocycles. The molecule has 0 amide bonds. The smallest absolute Gasteiger partial charge is 0.257 e. The predicted octanol–water partition coefficient (Wildman–Crippen LogP) is 5.21. The zero-order valence-corrected chi connectivity index (χ0v) is 17.7. The largest absolute Gasteiger partial charge is 0.294 e. The summed E-state index contributed by atoms with van der Waals surface area (Å²) in [7, 11) is 0. The third kappa shape index (κ3) is 4.14. The Labute approximate surface area is 180 Å². The number of Topliss-reactive ketones (excluding diaryl/α,β-unsaturated/α-hetero) is 2. The van der Waals surface area contributed by atoms with E-state index in [-0.39, 0.29) is 27.6 Å². The molecule has 2 unspecified atom stereocenters. The lowest BCUT2D eigenvalue weighted by Crippen LogP contribution is -2.48. The molecule has 1 aliphatic rings. The Balaban J connectivity index is 2.12. The first-order valence-corrected chi connectivity index (χ1v) is 10.8. The van der Waals surface area contributed by atoms with Crippen LogP contribution in [0.4, 0.5) is 0 Å². The highest BCUT2D eigenvalue weighted by Crippen LogP contribution is 2.46. The van der Waals surface area contributed by atoms with Gasteiger partial charge in [-0.1, -0.05) is 79.7 Å². The van der Waals surface area contributed by atoms with Gasteiger partial charge in [0.05, 0.1) is 16.4 Å². The maximum absolute atomic E-state index is 13.2. The van der Waals surface area contributed by atoms with Crippen molar-refractivity contribution < 1.29 is 14.5 Å². The van der Waals surface area contributed by atoms with Crippen molar-refractivity contribution in [2.24, 2.45) is 5.92 Å². The highest BCUT2D eigenvalue weighted by atomic mass is 32.2. The molecule has 0 heterocycles. The van der Waals surface area contributed by atoms with Crippen LogP contribution in [-0.2, 0) is 4.79 Å². The molecule has 2 atom stereocenters. The van der Waals surface area contributed by atoms with Gasteiger partial charge in [-0.15, -0.1) is 11.8 Å². The number of carbonyl (C=O) groups is 2. The fourth-order valence-corrected chi connectivity index (χ4v) is 4.80. The minimum atomic E-state index is -1.56. The second-order valence-corrected chi connectivity index (χ2v) is 8.51. The lowest BCUT2D eigenvalue weighted by molar-refractivity contribution is -0.559. The van der Waals surface area contributed by atoms with Gasteiger partial charge in [-0.25, -0.2) is 0 Å². The van der Waals surface area contributed by atoms with E-state index in [0.29, 0.717) is 11.3 Å². The van der Waals surface area contributed by atoms with Crippen LogP contribution in [0.5, 0.6) is 0 Å². The number of nitro groups is 1. The summed E-state index contributed by atoms with van der Waals surface area (Å²) in [5.41, 5.74) is -0.342. The van der Waals surface area contributed by atoms with Crippen LogP contribution in [0, 0.1) is 16.0 Å². The number of thioether (sulfide) groups is 1. The first-order chi connectivity index (χ1) is 14.4. The van der Waals surface area contributed by atoms with E-state index in [9.17, 15) is 19.7 Å². The Kier molecular flexibility index (Phi) is 6.67. The minimum Gasteiger partial charge on any atom is -0.294 e. The number of allylic oxidation sites excluding steroid dienone is 1. The number of rotatable bonds is 7. The predicted molar refractivity (Wildman–Crippen MR) is 120 cm³/mol. The van der Waals surface area contributed by atoms with Crippen LogP contribution < -0.4 is 0 Å². The summed E-state index contributed by atoms with van der Waals surface area (Å²) in [6.07, 6.45) is 3.45. The third-order valence-electron chi connectivity index (χ3n) is 5.34. The van der Waals surface area contributed by atoms with Gasteiger partial charge in [0.2, 0.25) is 0 Å². The molecule has 5 nitrogen and oxygen atoms in total. The Morgan fingerprint density at radius 1 is 1.17 bits per heavy atom. The highest BCUT2D eigenvalue weighted by molar-refractivity contribution is 8.03. The molecule has 0 aromatic heterocycles. The van der Waals surface area contributed by atoms with E-state index in [4.69, 9.17) is 0 Å². The summed E-state index contributed by atoms with van der Waals surface area (Å²) >= 11 is 1.21. The van der Waals surface area contributed by atoms with Crippen molar-refractivity contribution in [2.75, 3.05) is 5.75 Å². The van der Waals surface area contributed by atoms with Crippen molar-refractivity contribution >= 4 is 29.4 Å². The Morgan fingerprint density at radius 2 is 1.77 bits per heavy atom. The molecule has 0 bridgehead atoms. The number of carbonyl (C=O) groups excluding carboxylic acids is 2. The van der Waals surface area contributed by atoms with Crippen LogP contribution in [0.1, 0.15) is 36.2 Å². The van der Waals surface area contributed by atoms with Crippen LogP contribution in [0.25, 0.3) is 6.08 Å². The fraction of sp³-hybridized carbons (Fsp3) is 0.250. The van der Waals surface area contributed by atoms with E-state index < -0.39 is 17.2 Å². The van der Waals surface area contributed by atoms with E-state index in [1.54, 1.807) is 42.5 Å². The van der Waals surface area contributed by atoms with Gasteiger partial charge in [0.15, 0.2) is 11.6 Å². The first-order valence-electron chi connectivity index (χ1n) is 9.77. The van der Waals surface area contributed by atoms with Gasteiger partial charge in [-0.05, 0) is 11.3 Å². The van der Waals surface area contributed by atoms with Gasteiger partial charge >= 0.3 is 0 Å². The van der Waals surface area contributed by atoms with Gasteiger partial charge in [-0.2, -0.15) is 0 Å². The molecule has 154 valence electrons. The Morgan fingerprint density at radius 3 is 2.33 bits per heavy atom. The van der Waals surface area contributed by atoms with Crippen molar-refractivity contribution in [1.82, 2.24) is 0 Å². The second kappa shape index (κ2) is 9.22. The van der Waals surface area contributed by atoms with Crippen LogP contribution in [0.3, 0.4) is 0 Å². The molecule has 2 aromatic rings. The monoisotopic (exact) mass is 421 g/mol. The molecule has 0 saturated heterocycles. The lowest BCUT2D eigenvalue weighted by atomic mass is 9.73. The Bertz CT molecular complexity index is 1010. The molecule has 0 fully saturated rings. The maximum Gasteiger partial charge on any atom is 0.257 e. The van der Waals surface area contributed by atoms with Crippen LogP contribution in [-0.4, -0.2) is 27.8 Å². The number of hydrogen-bond acceptors (Lipinski definition) is 5. The molecule has 0 saturated carbocycles. The zero-order valence-electron chi connectivity index (χ0n) is 16.9. The third-order valence-corrected chi connectivity index (χ3v) is 6.54. The van der Waals surface area contributed by atoms with Gasteiger partial charge in [0.25, 0.3) is 5.54 Å². The van der Waals surface area contributed by atoms with E-state index in [1.165, 1.54) is 18.7 Å². The molecule has 30 heavy (non-hydrogen) atoms. The molecule has 0 spiro atoms. The summed E-state index contributed by atoms with van der Waals surface area (Å²) in [6, 6.07) is 17.9. The molecule has 6 heteroatoms. The number of ketones is 2. The number of benzene rings is 2. The van der Waals surface area contributed by atoms with Gasteiger partial charge < -0.3 is 0 Å². The van der Waals surface area contributed by atoms with Gasteiger partial charge in [0.1, 0.15) is 0 Å². The summed E-state index contributed by atoms with van der Waals surface area (Å²) in [5, 5.41) is 12.3.